The van der Waals surface area contributed by atoms with E-state index in [1.54, 1.807) is 6.08 Å². The van der Waals surface area contributed by atoms with E-state index in [0.29, 0.717) is 12.2 Å². The van der Waals surface area contributed by atoms with Crippen molar-refractivity contribution in [3.05, 3.63) is 47.2 Å². The molecule has 1 aliphatic heterocycles. The van der Waals surface area contributed by atoms with E-state index in [2.05, 4.69) is 31.2 Å². The summed E-state index contributed by atoms with van der Waals surface area (Å²) < 4.78 is 5.66. The number of ether oxygens (including phenoxy) is 1. The van der Waals surface area contributed by atoms with Crippen LogP contribution >= 0.6 is 0 Å². The van der Waals surface area contributed by atoms with Gasteiger partial charge in [0, 0.05) is 6.08 Å². The molecule has 16 heavy (non-hydrogen) atoms. The van der Waals surface area contributed by atoms with Crippen molar-refractivity contribution in [2.24, 2.45) is 0 Å². The predicted molar refractivity (Wildman–Crippen MR) is 63.0 cm³/mol. The molecule has 0 saturated carbocycles. The molecule has 0 spiro atoms. The fraction of sp³-hybridized carbons (Fsp3) is 0.357. The lowest BCUT2D eigenvalue weighted by atomic mass is 10.00. The van der Waals surface area contributed by atoms with Gasteiger partial charge in [-0.05, 0) is 24.5 Å². The fourth-order valence-electron chi connectivity index (χ4n) is 1.92. The highest BCUT2D eigenvalue weighted by Gasteiger charge is 2.21. The number of allylic oxidation sites excluding steroid dienone is 2. The molecule has 2 heteroatoms. The summed E-state index contributed by atoms with van der Waals surface area (Å²) in [6.45, 7) is 3.95. The van der Waals surface area contributed by atoms with Gasteiger partial charge < -0.3 is 4.74 Å². The maximum Gasteiger partial charge on any atom is 0.163 e. The van der Waals surface area contributed by atoms with Gasteiger partial charge in [0.05, 0.1) is 12.2 Å². The fourth-order valence-corrected chi connectivity index (χ4v) is 1.92. The number of ketones is 1. The Morgan fingerprint density at radius 3 is 2.56 bits per heavy atom. The lowest BCUT2D eigenvalue weighted by Gasteiger charge is -2.22. The highest BCUT2D eigenvalue weighted by Crippen LogP contribution is 2.28. The van der Waals surface area contributed by atoms with Crippen LogP contribution in [0.4, 0.5) is 0 Å². The number of aryl methyl sites for hydroxylation is 1. The second-order valence-electron chi connectivity index (χ2n) is 4.13. The van der Waals surface area contributed by atoms with Crippen LogP contribution in [0.5, 0.6) is 0 Å². The zero-order valence-corrected chi connectivity index (χ0v) is 9.69. The molecule has 84 valence electrons. The number of hydrogen-bond acceptors (Lipinski definition) is 2. The van der Waals surface area contributed by atoms with E-state index < -0.39 is 0 Å². The van der Waals surface area contributed by atoms with Gasteiger partial charge in [-0.15, -0.1) is 0 Å². The third kappa shape index (κ3) is 2.32. The molecule has 0 aliphatic carbocycles. The molecule has 0 radical (unpaired) electrons. The molecule has 0 bridgehead atoms. The van der Waals surface area contributed by atoms with Crippen molar-refractivity contribution in [2.75, 3.05) is 0 Å². The third-order valence-electron chi connectivity index (χ3n) is 2.84. The number of carbonyl (C=O) groups excluding carboxylic acids is 1. The summed E-state index contributed by atoms with van der Waals surface area (Å²) in [4.78, 5) is 11.4. The summed E-state index contributed by atoms with van der Waals surface area (Å²) in [7, 11) is 0. The van der Waals surface area contributed by atoms with Crippen LogP contribution in [0.3, 0.4) is 0 Å². The molecular formula is C14H16O2. The summed E-state index contributed by atoms with van der Waals surface area (Å²) >= 11 is 0. The summed E-state index contributed by atoms with van der Waals surface area (Å²) in [5.74, 6) is 0.856. The van der Waals surface area contributed by atoms with Crippen molar-refractivity contribution in [1.82, 2.24) is 0 Å². The zero-order valence-electron chi connectivity index (χ0n) is 9.69. The van der Waals surface area contributed by atoms with Gasteiger partial charge in [-0.25, -0.2) is 0 Å². The minimum Gasteiger partial charge on any atom is -0.490 e. The molecule has 1 aromatic carbocycles. The van der Waals surface area contributed by atoms with Crippen molar-refractivity contribution < 1.29 is 9.53 Å². The first kappa shape index (κ1) is 10.9. The van der Waals surface area contributed by atoms with E-state index in [0.717, 1.165) is 12.0 Å². The molecular weight excluding hydrogens is 200 g/mol. The molecule has 0 aromatic heterocycles. The van der Waals surface area contributed by atoms with Crippen molar-refractivity contribution in [1.29, 1.82) is 0 Å². The molecule has 0 N–H and O–H groups in total. The quantitative estimate of drug-likeness (QED) is 0.759. The highest BCUT2D eigenvalue weighted by molar-refractivity contribution is 5.91. The zero-order chi connectivity index (χ0) is 11.5. The Morgan fingerprint density at radius 2 is 2.00 bits per heavy atom. The number of benzene rings is 1. The third-order valence-corrected chi connectivity index (χ3v) is 2.84. The summed E-state index contributed by atoms with van der Waals surface area (Å²) in [5.41, 5.74) is 2.39. The average molecular weight is 216 g/mol. The van der Waals surface area contributed by atoms with Gasteiger partial charge in [0.1, 0.15) is 6.10 Å². The molecule has 0 fully saturated rings. The standard InChI is InChI=1S/C14H16O2/c1-3-11-4-6-12(7-5-11)14-9-13(15)8-10(2)16-14/h4-8,14H,3,9H2,1-2H3. The average Bonchev–Trinajstić information content (AvgIpc) is 2.28. The number of hydrogen-bond donors (Lipinski definition) is 0. The topological polar surface area (TPSA) is 26.3 Å². The van der Waals surface area contributed by atoms with Crippen LogP contribution in [0.25, 0.3) is 0 Å². The van der Waals surface area contributed by atoms with E-state index in [-0.39, 0.29) is 11.9 Å². The first-order valence-corrected chi connectivity index (χ1v) is 5.65. The summed E-state index contributed by atoms with van der Waals surface area (Å²) in [6.07, 6.45) is 2.94. The van der Waals surface area contributed by atoms with Crippen LogP contribution in [-0.2, 0) is 16.0 Å². The van der Waals surface area contributed by atoms with Crippen molar-refractivity contribution >= 4 is 5.78 Å². The minimum atomic E-state index is -0.108. The van der Waals surface area contributed by atoms with Crippen molar-refractivity contribution in [2.45, 2.75) is 32.8 Å². The molecule has 2 rings (SSSR count). The summed E-state index contributed by atoms with van der Waals surface area (Å²) in [6, 6.07) is 8.29. The predicted octanol–water partition coefficient (Wildman–Crippen LogP) is 3.18. The molecule has 0 saturated heterocycles. The Bertz CT molecular complexity index is 415. The first-order valence-electron chi connectivity index (χ1n) is 5.65. The lowest BCUT2D eigenvalue weighted by Crippen LogP contribution is -2.14. The molecule has 1 atom stereocenters. The van der Waals surface area contributed by atoms with Crippen LogP contribution in [0, 0.1) is 0 Å². The molecule has 1 aromatic rings. The van der Waals surface area contributed by atoms with E-state index >= 15 is 0 Å². The highest BCUT2D eigenvalue weighted by atomic mass is 16.5. The number of rotatable bonds is 2. The van der Waals surface area contributed by atoms with E-state index in [9.17, 15) is 4.79 Å². The van der Waals surface area contributed by atoms with Crippen LogP contribution in [-0.4, -0.2) is 5.78 Å². The second kappa shape index (κ2) is 4.52. The molecule has 1 aliphatic rings. The van der Waals surface area contributed by atoms with Gasteiger partial charge in [0.15, 0.2) is 5.78 Å². The van der Waals surface area contributed by atoms with Gasteiger partial charge in [-0.3, -0.25) is 4.79 Å². The Balaban J connectivity index is 2.18. The maximum absolute atomic E-state index is 11.4. The van der Waals surface area contributed by atoms with Gasteiger partial charge in [-0.1, -0.05) is 31.2 Å². The molecule has 0 amide bonds. The monoisotopic (exact) mass is 216 g/mol. The van der Waals surface area contributed by atoms with Gasteiger partial charge >= 0.3 is 0 Å². The van der Waals surface area contributed by atoms with E-state index in [4.69, 9.17) is 4.74 Å². The first-order chi connectivity index (χ1) is 7.69. The van der Waals surface area contributed by atoms with Gasteiger partial charge in [-0.2, -0.15) is 0 Å². The van der Waals surface area contributed by atoms with E-state index in [1.807, 2.05) is 6.92 Å². The molecule has 1 unspecified atom stereocenters. The van der Waals surface area contributed by atoms with Crippen molar-refractivity contribution in [3.63, 3.8) is 0 Å². The Labute approximate surface area is 95.9 Å². The SMILES string of the molecule is CCc1ccc(C2CC(=O)C=C(C)O2)cc1. The molecule has 2 nitrogen and oxygen atoms in total. The van der Waals surface area contributed by atoms with Crippen LogP contribution < -0.4 is 0 Å². The van der Waals surface area contributed by atoms with Gasteiger partial charge in [0.2, 0.25) is 0 Å². The Kier molecular flexibility index (Phi) is 3.09. The normalized spacial score (nSPS) is 20.2. The summed E-state index contributed by atoms with van der Waals surface area (Å²) in [5, 5.41) is 0. The van der Waals surface area contributed by atoms with E-state index in [1.165, 1.54) is 5.56 Å². The second-order valence-corrected chi connectivity index (χ2v) is 4.13. The maximum atomic E-state index is 11.4. The van der Waals surface area contributed by atoms with Crippen molar-refractivity contribution in [3.8, 4) is 0 Å². The minimum absolute atomic E-state index is 0.108. The Morgan fingerprint density at radius 1 is 1.31 bits per heavy atom. The van der Waals surface area contributed by atoms with Crippen LogP contribution in [0.15, 0.2) is 36.1 Å². The largest absolute Gasteiger partial charge is 0.490 e. The van der Waals surface area contributed by atoms with Gasteiger partial charge in [0.25, 0.3) is 0 Å². The van der Waals surface area contributed by atoms with Crippen LogP contribution in [0.1, 0.15) is 37.5 Å². The number of carbonyl (C=O) groups is 1. The molecule has 1 heterocycles. The smallest absolute Gasteiger partial charge is 0.163 e. The Hall–Kier alpha value is -1.57. The van der Waals surface area contributed by atoms with Crippen LogP contribution in [0.2, 0.25) is 0 Å². The lowest BCUT2D eigenvalue weighted by molar-refractivity contribution is -0.118.